The van der Waals surface area contributed by atoms with Gasteiger partial charge in [-0.25, -0.2) is 0 Å². The number of unbranched alkanes of at least 4 members (excludes halogenated alkanes) is 1. The van der Waals surface area contributed by atoms with E-state index in [1.807, 2.05) is 18.2 Å². The van der Waals surface area contributed by atoms with E-state index in [9.17, 15) is 4.79 Å². The zero-order valence-electron chi connectivity index (χ0n) is 10.1. The van der Waals surface area contributed by atoms with E-state index in [1.165, 1.54) is 0 Å². The average Bonchev–Trinajstić information content (AvgIpc) is 2.34. The summed E-state index contributed by atoms with van der Waals surface area (Å²) in [7, 11) is 0. The summed E-state index contributed by atoms with van der Waals surface area (Å²) < 4.78 is 0. The maximum absolute atomic E-state index is 11.7. The summed E-state index contributed by atoms with van der Waals surface area (Å²) in [6.07, 6.45) is 2.75. The Labute approximate surface area is 107 Å². The second-order valence-electron chi connectivity index (χ2n) is 4.06. The van der Waals surface area contributed by atoms with Gasteiger partial charge in [-0.05, 0) is 18.1 Å². The molecule has 0 aliphatic rings. The van der Waals surface area contributed by atoms with Gasteiger partial charge in [0, 0.05) is 11.6 Å². The SMILES string of the molecule is CCCC[C@H](N)C(=O)NCc1ccccc1Cl. The summed E-state index contributed by atoms with van der Waals surface area (Å²) in [5, 5.41) is 3.46. The Bertz CT molecular complexity index is 368. The fourth-order valence-corrected chi connectivity index (χ4v) is 1.71. The van der Waals surface area contributed by atoms with Crippen molar-refractivity contribution in [3.63, 3.8) is 0 Å². The van der Waals surface area contributed by atoms with E-state index in [0.29, 0.717) is 11.6 Å². The minimum Gasteiger partial charge on any atom is -0.351 e. The molecule has 0 aromatic heterocycles. The van der Waals surface area contributed by atoms with Crippen LogP contribution in [0, 0.1) is 0 Å². The smallest absolute Gasteiger partial charge is 0.237 e. The molecule has 3 nitrogen and oxygen atoms in total. The third-order valence-corrected chi connectivity index (χ3v) is 2.99. The highest BCUT2D eigenvalue weighted by Gasteiger charge is 2.12. The number of halogens is 1. The third kappa shape index (κ3) is 4.75. The van der Waals surface area contributed by atoms with Crippen molar-refractivity contribution in [2.24, 2.45) is 5.73 Å². The molecule has 4 heteroatoms. The lowest BCUT2D eigenvalue weighted by Gasteiger charge is -2.12. The van der Waals surface area contributed by atoms with E-state index in [2.05, 4.69) is 12.2 Å². The molecular weight excluding hydrogens is 236 g/mol. The molecule has 1 rings (SSSR count). The Morgan fingerprint density at radius 2 is 2.18 bits per heavy atom. The van der Waals surface area contributed by atoms with Crippen molar-refractivity contribution >= 4 is 17.5 Å². The molecule has 3 N–H and O–H groups in total. The van der Waals surface area contributed by atoms with E-state index in [1.54, 1.807) is 6.07 Å². The van der Waals surface area contributed by atoms with Crippen LogP contribution in [0.1, 0.15) is 31.7 Å². The minimum atomic E-state index is -0.419. The molecule has 0 bridgehead atoms. The third-order valence-electron chi connectivity index (χ3n) is 2.62. The Morgan fingerprint density at radius 1 is 1.47 bits per heavy atom. The normalized spacial score (nSPS) is 12.2. The van der Waals surface area contributed by atoms with Gasteiger partial charge in [-0.1, -0.05) is 49.6 Å². The Morgan fingerprint density at radius 3 is 2.82 bits per heavy atom. The van der Waals surface area contributed by atoms with Crippen LogP contribution in [0.4, 0.5) is 0 Å². The number of rotatable bonds is 6. The molecule has 0 aliphatic carbocycles. The second kappa shape index (κ2) is 7.30. The number of hydrogen-bond donors (Lipinski definition) is 2. The van der Waals surface area contributed by atoms with Gasteiger partial charge in [-0.15, -0.1) is 0 Å². The molecule has 1 aromatic rings. The highest BCUT2D eigenvalue weighted by atomic mass is 35.5. The molecule has 1 aromatic carbocycles. The standard InChI is InChI=1S/C13H19ClN2O/c1-2-3-8-12(15)13(17)16-9-10-6-4-5-7-11(10)14/h4-7,12H,2-3,8-9,15H2,1H3,(H,16,17)/t12-/m0/s1. The number of carbonyl (C=O) groups is 1. The van der Waals surface area contributed by atoms with Crippen LogP contribution in [0.2, 0.25) is 5.02 Å². The molecule has 0 radical (unpaired) electrons. The summed E-state index contributed by atoms with van der Waals surface area (Å²) in [4.78, 5) is 11.7. The summed E-state index contributed by atoms with van der Waals surface area (Å²) in [6.45, 7) is 2.51. The number of hydrogen-bond acceptors (Lipinski definition) is 2. The fourth-order valence-electron chi connectivity index (χ4n) is 1.51. The van der Waals surface area contributed by atoms with Gasteiger partial charge in [0.05, 0.1) is 6.04 Å². The van der Waals surface area contributed by atoms with Gasteiger partial charge in [-0.3, -0.25) is 4.79 Å². The number of nitrogens with one attached hydrogen (secondary N) is 1. The van der Waals surface area contributed by atoms with Gasteiger partial charge in [0.25, 0.3) is 0 Å². The van der Waals surface area contributed by atoms with E-state index in [4.69, 9.17) is 17.3 Å². The molecule has 0 unspecified atom stereocenters. The van der Waals surface area contributed by atoms with Crippen molar-refractivity contribution in [3.8, 4) is 0 Å². The van der Waals surface area contributed by atoms with Gasteiger partial charge in [-0.2, -0.15) is 0 Å². The highest BCUT2D eigenvalue weighted by Crippen LogP contribution is 2.14. The Hall–Kier alpha value is -1.06. The van der Waals surface area contributed by atoms with Crippen molar-refractivity contribution in [1.29, 1.82) is 0 Å². The lowest BCUT2D eigenvalue weighted by atomic mass is 10.1. The molecule has 0 saturated heterocycles. The number of carbonyl (C=O) groups excluding carboxylic acids is 1. The van der Waals surface area contributed by atoms with Crippen LogP contribution in [0.15, 0.2) is 24.3 Å². The maximum Gasteiger partial charge on any atom is 0.237 e. The van der Waals surface area contributed by atoms with Gasteiger partial charge in [0.2, 0.25) is 5.91 Å². The van der Waals surface area contributed by atoms with Gasteiger partial charge < -0.3 is 11.1 Å². The first kappa shape index (κ1) is 14.0. The first-order chi connectivity index (χ1) is 8.15. The Balaban J connectivity index is 2.40. The van der Waals surface area contributed by atoms with Gasteiger partial charge >= 0.3 is 0 Å². The second-order valence-corrected chi connectivity index (χ2v) is 4.47. The van der Waals surface area contributed by atoms with E-state index in [-0.39, 0.29) is 5.91 Å². The first-order valence-corrected chi connectivity index (χ1v) is 6.29. The summed E-state index contributed by atoms with van der Waals surface area (Å²) in [6, 6.07) is 7.03. The molecule has 94 valence electrons. The molecule has 0 aliphatic heterocycles. The van der Waals surface area contributed by atoms with Crippen molar-refractivity contribution in [2.45, 2.75) is 38.8 Å². The van der Waals surface area contributed by atoms with Crippen LogP contribution in [0.25, 0.3) is 0 Å². The highest BCUT2D eigenvalue weighted by molar-refractivity contribution is 6.31. The summed E-state index contributed by atoms with van der Waals surface area (Å²) in [5.41, 5.74) is 6.67. The predicted molar refractivity (Wildman–Crippen MR) is 70.8 cm³/mol. The summed E-state index contributed by atoms with van der Waals surface area (Å²) >= 11 is 5.99. The zero-order chi connectivity index (χ0) is 12.7. The van der Waals surface area contributed by atoms with E-state index in [0.717, 1.165) is 24.8 Å². The topological polar surface area (TPSA) is 55.1 Å². The lowest BCUT2D eigenvalue weighted by molar-refractivity contribution is -0.122. The van der Waals surface area contributed by atoms with E-state index >= 15 is 0 Å². The molecule has 0 fully saturated rings. The van der Waals surface area contributed by atoms with Crippen LogP contribution in [0.3, 0.4) is 0 Å². The molecule has 0 saturated carbocycles. The number of benzene rings is 1. The molecule has 1 atom stereocenters. The molecule has 0 spiro atoms. The number of amides is 1. The van der Waals surface area contributed by atoms with Crippen LogP contribution in [0.5, 0.6) is 0 Å². The molecular formula is C13H19ClN2O. The van der Waals surface area contributed by atoms with Crippen molar-refractivity contribution < 1.29 is 4.79 Å². The first-order valence-electron chi connectivity index (χ1n) is 5.91. The average molecular weight is 255 g/mol. The van der Waals surface area contributed by atoms with Crippen LogP contribution < -0.4 is 11.1 Å². The Kier molecular flexibility index (Phi) is 6.01. The monoisotopic (exact) mass is 254 g/mol. The molecule has 17 heavy (non-hydrogen) atoms. The van der Waals surface area contributed by atoms with Crippen molar-refractivity contribution in [1.82, 2.24) is 5.32 Å². The largest absolute Gasteiger partial charge is 0.351 e. The maximum atomic E-state index is 11.7. The molecule has 1 amide bonds. The number of nitrogens with two attached hydrogens (primary N) is 1. The quantitative estimate of drug-likeness (QED) is 0.820. The van der Waals surface area contributed by atoms with Gasteiger partial charge in [0.1, 0.15) is 0 Å². The van der Waals surface area contributed by atoms with Crippen molar-refractivity contribution in [3.05, 3.63) is 34.9 Å². The zero-order valence-corrected chi connectivity index (χ0v) is 10.8. The van der Waals surface area contributed by atoms with Gasteiger partial charge in [0.15, 0.2) is 0 Å². The van der Waals surface area contributed by atoms with Crippen LogP contribution >= 0.6 is 11.6 Å². The minimum absolute atomic E-state index is 0.113. The predicted octanol–water partition coefficient (Wildman–Crippen LogP) is 2.47. The lowest BCUT2D eigenvalue weighted by Crippen LogP contribution is -2.40. The fraction of sp³-hybridized carbons (Fsp3) is 0.462. The van der Waals surface area contributed by atoms with Crippen LogP contribution in [-0.2, 0) is 11.3 Å². The summed E-state index contributed by atoms with van der Waals surface area (Å²) in [5.74, 6) is -0.113. The van der Waals surface area contributed by atoms with Crippen molar-refractivity contribution in [2.75, 3.05) is 0 Å². The van der Waals surface area contributed by atoms with Crippen LogP contribution in [-0.4, -0.2) is 11.9 Å². The molecule has 0 heterocycles. The van der Waals surface area contributed by atoms with E-state index < -0.39 is 6.04 Å².